The molecule has 0 aliphatic carbocycles. The van der Waals surface area contributed by atoms with Crippen LogP contribution in [0.3, 0.4) is 0 Å². The average Bonchev–Trinajstić information content (AvgIpc) is 3.33. The first-order valence-electron chi connectivity index (χ1n) is 11.2. The van der Waals surface area contributed by atoms with E-state index in [0.29, 0.717) is 23.3 Å². The molecule has 0 aromatic carbocycles. The number of hydrogen-bond acceptors (Lipinski definition) is 11. The molecule has 6 atom stereocenters. The molecular formula is C20H30ClN4O9P. The van der Waals surface area contributed by atoms with Crippen LogP contribution in [-0.2, 0) is 34.5 Å². The predicted molar refractivity (Wildman–Crippen MR) is 123 cm³/mol. The summed E-state index contributed by atoms with van der Waals surface area (Å²) in [5.74, 6) is -1.11. The number of imidazole rings is 1. The SMILES string of the molecule is CCCc1nc(Cl)nc2c1ncn2[C@@H]1O[C@H](CO[C@@](C)(C(=O)OCC)P(=O)(O)OCC)[C@@H](O)[C@H]1O. The molecule has 1 fully saturated rings. The minimum absolute atomic E-state index is 0.00422. The van der Waals surface area contributed by atoms with Gasteiger partial charge in [-0.3, -0.25) is 9.13 Å². The first-order valence-corrected chi connectivity index (χ1v) is 13.1. The van der Waals surface area contributed by atoms with Crippen molar-refractivity contribution >= 4 is 36.3 Å². The monoisotopic (exact) mass is 536 g/mol. The van der Waals surface area contributed by atoms with E-state index in [1.165, 1.54) is 24.7 Å². The van der Waals surface area contributed by atoms with Gasteiger partial charge in [0.15, 0.2) is 11.9 Å². The highest BCUT2D eigenvalue weighted by Crippen LogP contribution is 2.56. The number of carbonyl (C=O) groups is 1. The summed E-state index contributed by atoms with van der Waals surface area (Å²) in [6, 6.07) is 0. The fourth-order valence-electron chi connectivity index (χ4n) is 3.70. The quantitative estimate of drug-likeness (QED) is 0.215. The Morgan fingerprint density at radius 2 is 1.97 bits per heavy atom. The van der Waals surface area contributed by atoms with Crippen LogP contribution >= 0.6 is 19.2 Å². The van der Waals surface area contributed by atoms with Gasteiger partial charge in [-0.2, -0.15) is 4.98 Å². The maximum absolute atomic E-state index is 12.7. The van der Waals surface area contributed by atoms with E-state index in [4.69, 9.17) is 30.3 Å². The molecule has 0 amide bonds. The van der Waals surface area contributed by atoms with Gasteiger partial charge < -0.3 is 33.8 Å². The molecule has 2 aromatic rings. The molecule has 1 unspecified atom stereocenters. The number of rotatable bonds is 11. The Morgan fingerprint density at radius 3 is 2.60 bits per heavy atom. The number of hydrogen-bond donors (Lipinski definition) is 3. The summed E-state index contributed by atoms with van der Waals surface area (Å²) in [6.07, 6.45) is -2.44. The summed E-state index contributed by atoms with van der Waals surface area (Å²) >= 11 is 6.07. The van der Waals surface area contributed by atoms with E-state index in [2.05, 4.69) is 15.0 Å². The maximum Gasteiger partial charge on any atom is 0.370 e. The Kier molecular flexibility index (Phi) is 8.87. The highest BCUT2D eigenvalue weighted by Gasteiger charge is 2.55. The fourth-order valence-corrected chi connectivity index (χ4v) is 5.01. The van der Waals surface area contributed by atoms with Crippen LogP contribution in [0.15, 0.2) is 6.33 Å². The van der Waals surface area contributed by atoms with Crippen molar-refractivity contribution in [3.8, 4) is 0 Å². The van der Waals surface area contributed by atoms with Gasteiger partial charge >= 0.3 is 13.6 Å². The molecule has 1 aliphatic heterocycles. The molecule has 13 nitrogen and oxygen atoms in total. The van der Waals surface area contributed by atoms with Crippen molar-refractivity contribution in [1.29, 1.82) is 0 Å². The lowest BCUT2D eigenvalue weighted by Crippen LogP contribution is -2.44. The van der Waals surface area contributed by atoms with Crippen molar-refractivity contribution in [2.24, 2.45) is 0 Å². The molecule has 15 heteroatoms. The van der Waals surface area contributed by atoms with Crippen molar-refractivity contribution in [3.05, 3.63) is 17.3 Å². The third kappa shape index (κ3) is 5.37. The number of aliphatic hydroxyl groups excluding tert-OH is 2. The van der Waals surface area contributed by atoms with E-state index in [1.807, 2.05) is 6.92 Å². The van der Waals surface area contributed by atoms with Crippen LogP contribution in [0.2, 0.25) is 5.28 Å². The van der Waals surface area contributed by atoms with Crippen LogP contribution < -0.4 is 0 Å². The van der Waals surface area contributed by atoms with Gasteiger partial charge in [0.25, 0.3) is 5.34 Å². The molecule has 2 aromatic heterocycles. The van der Waals surface area contributed by atoms with E-state index in [0.717, 1.165) is 13.3 Å². The van der Waals surface area contributed by atoms with Gasteiger partial charge in [0.2, 0.25) is 5.28 Å². The molecular weight excluding hydrogens is 507 g/mol. The highest BCUT2D eigenvalue weighted by molar-refractivity contribution is 7.55. The normalized spacial score (nSPS) is 25.9. The lowest BCUT2D eigenvalue weighted by atomic mass is 10.1. The maximum atomic E-state index is 12.7. The molecule has 1 saturated heterocycles. The molecule has 3 heterocycles. The van der Waals surface area contributed by atoms with E-state index >= 15 is 0 Å². The summed E-state index contributed by atoms with van der Waals surface area (Å²) in [5, 5.41) is 18.9. The lowest BCUT2D eigenvalue weighted by molar-refractivity contribution is -0.167. The number of aliphatic hydroxyl groups is 2. The van der Waals surface area contributed by atoms with Gasteiger partial charge in [-0.25, -0.2) is 14.8 Å². The summed E-state index contributed by atoms with van der Waals surface area (Å²) in [4.78, 5) is 35.6. The Morgan fingerprint density at radius 1 is 1.26 bits per heavy atom. The largest absolute Gasteiger partial charge is 0.463 e. The van der Waals surface area contributed by atoms with Crippen molar-refractivity contribution in [3.63, 3.8) is 0 Å². The molecule has 196 valence electrons. The average molecular weight is 537 g/mol. The van der Waals surface area contributed by atoms with Crippen LogP contribution in [0.1, 0.15) is 46.0 Å². The zero-order valence-electron chi connectivity index (χ0n) is 19.8. The van der Waals surface area contributed by atoms with Crippen LogP contribution in [0.25, 0.3) is 11.2 Å². The van der Waals surface area contributed by atoms with Crippen LogP contribution in [0.4, 0.5) is 0 Å². The number of aryl methyl sites for hydroxylation is 1. The molecule has 35 heavy (non-hydrogen) atoms. The number of halogens is 1. The number of fused-ring (bicyclic) bond motifs is 1. The van der Waals surface area contributed by atoms with Gasteiger partial charge in [0, 0.05) is 0 Å². The van der Waals surface area contributed by atoms with Gasteiger partial charge in [0.05, 0.1) is 31.8 Å². The van der Waals surface area contributed by atoms with Gasteiger partial charge in [-0.15, -0.1) is 0 Å². The van der Waals surface area contributed by atoms with Crippen LogP contribution in [0, 0.1) is 0 Å². The number of ether oxygens (including phenoxy) is 3. The van der Waals surface area contributed by atoms with E-state index in [1.54, 1.807) is 0 Å². The van der Waals surface area contributed by atoms with E-state index in [9.17, 15) is 24.5 Å². The standard InChI is InChI=1S/C20H30ClN4O9P/c1-5-8-11-13-16(24-19(21)23-11)25(10-22-13)17-15(27)14(26)12(34-17)9-32-20(4,18(28)31-6-2)35(29,30)33-7-3/h10,12,14-15,17,26-27H,5-9H2,1-4H3,(H,29,30)/t12-,14-,15-,17-,20-/m1/s1. The second-order valence-corrected chi connectivity index (χ2v) is 10.5. The number of aromatic nitrogens is 4. The minimum Gasteiger partial charge on any atom is -0.463 e. The second-order valence-electron chi connectivity index (χ2n) is 8.01. The van der Waals surface area contributed by atoms with Crippen molar-refractivity contribution in [2.45, 2.75) is 70.4 Å². The van der Waals surface area contributed by atoms with Crippen molar-refractivity contribution in [2.75, 3.05) is 19.8 Å². The third-order valence-corrected chi connectivity index (χ3v) is 7.76. The van der Waals surface area contributed by atoms with Gasteiger partial charge in [-0.05, 0) is 38.8 Å². The minimum atomic E-state index is -4.65. The van der Waals surface area contributed by atoms with E-state index in [-0.39, 0.29) is 18.5 Å². The molecule has 0 spiro atoms. The van der Waals surface area contributed by atoms with Crippen molar-refractivity contribution in [1.82, 2.24) is 19.5 Å². The van der Waals surface area contributed by atoms with E-state index < -0.39 is 50.1 Å². The Balaban J connectivity index is 1.85. The predicted octanol–water partition coefficient (Wildman–Crippen LogP) is 1.57. The Hall–Kier alpha value is -1.70. The molecule has 0 bridgehead atoms. The number of esters is 1. The summed E-state index contributed by atoms with van der Waals surface area (Å²) in [7, 11) is -4.65. The molecule has 3 rings (SSSR count). The molecule has 0 radical (unpaired) electrons. The Labute approximate surface area is 206 Å². The first kappa shape index (κ1) is 27.9. The topological polar surface area (TPSA) is 175 Å². The zero-order valence-corrected chi connectivity index (χ0v) is 21.5. The Bertz CT molecular complexity index is 1100. The number of nitrogens with zero attached hydrogens (tertiary/aromatic N) is 4. The summed E-state index contributed by atoms with van der Waals surface area (Å²) in [6.45, 7) is 5.29. The zero-order chi connectivity index (χ0) is 26.0. The van der Waals surface area contributed by atoms with Gasteiger partial charge in [0.1, 0.15) is 23.8 Å². The first-order chi connectivity index (χ1) is 16.5. The number of carbonyl (C=O) groups excluding carboxylic acids is 1. The van der Waals surface area contributed by atoms with Crippen LogP contribution in [-0.4, -0.2) is 84.1 Å². The van der Waals surface area contributed by atoms with Crippen molar-refractivity contribution < 1.29 is 43.2 Å². The molecule has 0 saturated carbocycles. The lowest BCUT2D eigenvalue weighted by Gasteiger charge is -2.31. The summed E-state index contributed by atoms with van der Waals surface area (Å²) in [5.41, 5.74) is 1.42. The summed E-state index contributed by atoms with van der Waals surface area (Å²) < 4.78 is 35.3. The highest BCUT2D eigenvalue weighted by atomic mass is 35.5. The molecule has 3 N–H and O–H groups in total. The van der Waals surface area contributed by atoms with Crippen LogP contribution in [0.5, 0.6) is 0 Å². The van der Waals surface area contributed by atoms with Gasteiger partial charge in [-0.1, -0.05) is 13.3 Å². The fraction of sp³-hybridized carbons (Fsp3) is 0.700. The second kappa shape index (κ2) is 11.1. The molecule has 1 aliphatic rings. The third-order valence-electron chi connectivity index (χ3n) is 5.59. The smallest absolute Gasteiger partial charge is 0.370 e.